The van der Waals surface area contributed by atoms with Crippen molar-refractivity contribution >= 4 is 0 Å². The third-order valence-corrected chi connectivity index (χ3v) is 3.45. The van der Waals surface area contributed by atoms with Gasteiger partial charge in [0, 0.05) is 19.3 Å². The second-order valence-electron chi connectivity index (χ2n) is 4.81. The van der Waals surface area contributed by atoms with Gasteiger partial charge in [-0.2, -0.15) is 0 Å². The lowest BCUT2D eigenvalue weighted by atomic mass is 9.97. The third-order valence-electron chi connectivity index (χ3n) is 3.45. The highest BCUT2D eigenvalue weighted by atomic mass is 15.1. The number of hydrogen-bond acceptors (Lipinski definition) is 3. The van der Waals surface area contributed by atoms with Crippen LogP contribution in [-0.4, -0.2) is 41.6 Å². The maximum Gasteiger partial charge on any atom is 0.0948 e. The number of aromatic nitrogens is 2. The van der Waals surface area contributed by atoms with E-state index in [1.165, 1.54) is 31.6 Å². The van der Waals surface area contributed by atoms with Crippen LogP contribution in [0.4, 0.5) is 0 Å². The van der Waals surface area contributed by atoms with Gasteiger partial charge in [-0.1, -0.05) is 0 Å². The molecule has 16 heavy (non-hydrogen) atoms. The van der Waals surface area contributed by atoms with Crippen LogP contribution in [0.5, 0.6) is 0 Å². The average molecular weight is 222 g/mol. The SMILES string of the molecule is CNCc1cncn1CC1CCN(C)CC1. The van der Waals surface area contributed by atoms with E-state index in [2.05, 4.69) is 26.8 Å². The number of nitrogens with one attached hydrogen (secondary N) is 1. The van der Waals surface area contributed by atoms with Crippen molar-refractivity contribution in [3.05, 3.63) is 18.2 Å². The Kier molecular flexibility index (Phi) is 3.96. The Morgan fingerprint density at radius 3 is 2.88 bits per heavy atom. The molecule has 90 valence electrons. The zero-order chi connectivity index (χ0) is 11.4. The van der Waals surface area contributed by atoms with Crippen molar-refractivity contribution in [2.75, 3.05) is 27.2 Å². The summed E-state index contributed by atoms with van der Waals surface area (Å²) < 4.78 is 2.30. The molecule has 1 saturated heterocycles. The topological polar surface area (TPSA) is 33.1 Å². The highest BCUT2D eigenvalue weighted by Crippen LogP contribution is 2.18. The van der Waals surface area contributed by atoms with Gasteiger partial charge in [-0.05, 0) is 45.9 Å². The molecule has 2 heterocycles. The molecule has 1 aromatic heterocycles. The van der Waals surface area contributed by atoms with Crippen molar-refractivity contribution in [3.8, 4) is 0 Å². The van der Waals surface area contributed by atoms with E-state index in [-0.39, 0.29) is 0 Å². The summed E-state index contributed by atoms with van der Waals surface area (Å²) in [5.74, 6) is 0.820. The van der Waals surface area contributed by atoms with E-state index in [0.717, 1.165) is 19.0 Å². The number of likely N-dealkylation sites (tertiary alicyclic amines) is 1. The van der Waals surface area contributed by atoms with E-state index in [4.69, 9.17) is 0 Å². The molecule has 1 fully saturated rings. The number of rotatable bonds is 4. The predicted octanol–water partition coefficient (Wildman–Crippen LogP) is 0.944. The summed E-state index contributed by atoms with van der Waals surface area (Å²) in [4.78, 5) is 6.65. The van der Waals surface area contributed by atoms with Crippen molar-refractivity contribution in [3.63, 3.8) is 0 Å². The summed E-state index contributed by atoms with van der Waals surface area (Å²) in [6.45, 7) is 4.51. The molecule has 2 rings (SSSR count). The summed E-state index contributed by atoms with van der Waals surface area (Å²) in [5, 5.41) is 3.19. The Bertz CT molecular complexity index is 313. The van der Waals surface area contributed by atoms with Crippen molar-refractivity contribution in [2.24, 2.45) is 5.92 Å². The van der Waals surface area contributed by atoms with Crippen LogP contribution in [-0.2, 0) is 13.1 Å². The summed E-state index contributed by atoms with van der Waals surface area (Å²) in [6, 6.07) is 0. The quantitative estimate of drug-likeness (QED) is 0.823. The molecule has 1 N–H and O–H groups in total. The highest BCUT2D eigenvalue weighted by molar-refractivity contribution is 4.98. The van der Waals surface area contributed by atoms with Crippen molar-refractivity contribution in [2.45, 2.75) is 25.9 Å². The van der Waals surface area contributed by atoms with Crippen LogP contribution in [0.3, 0.4) is 0 Å². The fraction of sp³-hybridized carbons (Fsp3) is 0.750. The molecule has 4 heteroatoms. The zero-order valence-electron chi connectivity index (χ0n) is 10.3. The number of piperidine rings is 1. The molecule has 0 aromatic carbocycles. The smallest absolute Gasteiger partial charge is 0.0948 e. The molecule has 1 aliphatic heterocycles. The molecule has 0 saturated carbocycles. The summed E-state index contributed by atoms with van der Waals surface area (Å²) in [5.41, 5.74) is 1.29. The molecule has 0 radical (unpaired) electrons. The fourth-order valence-electron chi connectivity index (χ4n) is 2.36. The van der Waals surface area contributed by atoms with Gasteiger partial charge in [0.2, 0.25) is 0 Å². The van der Waals surface area contributed by atoms with Crippen LogP contribution >= 0.6 is 0 Å². The fourth-order valence-corrected chi connectivity index (χ4v) is 2.36. The van der Waals surface area contributed by atoms with Gasteiger partial charge in [-0.3, -0.25) is 0 Å². The van der Waals surface area contributed by atoms with Crippen LogP contribution in [0.2, 0.25) is 0 Å². The minimum Gasteiger partial charge on any atom is -0.333 e. The largest absolute Gasteiger partial charge is 0.333 e. The van der Waals surface area contributed by atoms with E-state index in [1.807, 2.05) is 19.6 Å². The lowest BCUT2D eigenvalue weighted by molar-refractivity contribution is 0.204. The van der Waals surface area contributed by atoms with Gasteiger partial charge >= 0.3 is 0 Å². The molecule has 0 bridgehead atoms. The first kappa shape index (κ1) is 11.6. The van der Waals surface area contributed by atoms with Crippen LogP contribution in [0.25, 0.3) is 0 Å². The van der Waals surface area contributed by atoms with Gasteiger partial charge in [0.15, 0.2) is 0 Å². The Hall–Kier alpha value is -0.870. The van der Waals surface area contributed by atoms with Crippen molar-refractivity contribution in [1.29, 1.82) is 0 Å². The van der Waals surface area contributed by atoms with E-state index in [1.54, 1.807) is 0 Å². The molecule has 0 atom stereocenters. The second kappa shape index (κ2) is 5.46. The Labute approximate surface area is 97.7 Å². The molecule has 0 unspecified atom stereocenters. The van der Waals surface area contributed by atoms with E-state index in [9.17, 15) is 0 Å². The average Bonchev–Trinajstić information content (AvgIpc) is 2.70. The number of imidazole rings is 1. The monoisotopic (exact) mass is 222 g/mol. The molecule has 1 aromatic rings. The molecule has 0 aliphatic carbocycles. The van der Waals surface area contributed by atoms with Gasteiger partial charge in [0.05, 0.1) is 12.0 Å². The first-order valence-corrected chi connectivity index (χ1v) is 6.11. The maximum absolute atomic E-state index is 4.23. The maximum atomic E-state index is 4.23. The summed E-state index contributed by atoms with van der Waals surface area (Å²) in [7, 11) is 4.19. The second-order valence-corrected chi connectivity index (χ2v) is 4.81. The van der Waals surface area contributed by atoms with Gasteiger partial charge < -0.3 is 14.8 Å². The minimum absolute atomic E-state index is 0.820. The van der Waals surface area contributed by atoms with Crippen LogP contribution in [0.15, 0.2) is 12.5 Å². The van der Waals surface area contributed by atoms with E-state index < -0.39 is 0 Å². The van der Waals surface area contributed by atoms with Crippen LogP contribution in [0.1, 0.15) is 18.5 Å². The lowest BCUT2D eigenvalue weighted by Gasteiger charge is -2.29. The Balaban J connectivity index is 1.90. The standard InChI is InChI=1S/C12H22N4/c1-13-7-12-8-14-10-16(12)9-11-3-5-15(2)6-4-11/h8,10-11,13H,3-7,9H2,1-2H3. The van der Waals surface area contributed by atoms with Gasteiger partial charge in [0.1, 0.15) is 0 Å². The van der Waals surface area contributed by atoms with Crippen molar-refractivity contribution < 1.29 is 0 Å². The van der Waals surface area contributed by atoms with Gasteiger partial charge in [0.25, 0.3) is 0 Å². The first-order valence-electron chi connectivity index (χ1n) is 6.11. The van der Waals surface area contributed by atoms with E-state index >= 15 is 0 Å². The number of nitrogens with zero attached hydrogens (tertiary/aromatic N) is 3. The molecule has 0 spiro atoms. The lowest BCUT2D eigenvalue weighted by Crippen LogP contribution is -2.32. The van der Waals surface area contributed by atoms with Crippen LogP contribution < -0.4 is 5.32 Å². The highest BCUT2D eigenvalue weighted by Gasteiger charge is 2.17. The minimum atomic E-state index is 0.820. The summed E-state index contributed by atoms with van der Waals surface area (Å²) in [6.07, 6.45) is 6.55. The normalized spacial score (nSPS) is 19.1. The van der Waals surface area contributed by atoms with Crippen molar-refractivity contribution in [1.82, 2.24) is 19.8 Å². The van der Waals surface area contributed by atoms with E-state index in [0.29, 0.717) is 0 Å². The molecule has 0 amide bonds. The van der Waals surface area contributed by atoms with Gasteiger partial charge in [-0.15, -0.1) is 0 Å². The Morgan fingerprint density at radius 2 is 2.19 bits per heavy atom. The third kappa shape index (κ3) is 2.83. The number of hydrogen-bond donors (Lipinski definition) is 1. The molecule has 1 aliphatic rings. The molecular formula is C12H22N4. The Morgan fingerprint density at radius 1 is 1.44 bits per heavy atom. The predicted molar refractivity (Wildman–Crippen MR) is 65.2 cm³/mol. The summed E-state index contributed by atoms with van der Waals surface area (Å²) >= 11 is 0. The first-order chi connectivity index (χ1) is 7.79. The van der Waals surface area contributed by atoms with Crippen LogP contribution in [0, 0.1) is 5.92 Å². The zero-order valence-corrected chi connectivity index (χ0v) is 10.3. The molecular weight excluding hydrogens is 200 g/mol. The van der Waals surface area contributed by atoms with Gasteiger partial charge in [-0.25, -0.2) is 4.98 Å². The molecule has 4 nitrogen and oxygen atoms in total.